The highest BCUT2D eigenvalue weighted by molar-refractivity contribution is 6.01. The number of hydrogen-bond acceptors (Lipinski definition) is 11. The lowest BCUT2D eigenvalue weighted by atomic mass is 9.95. The molecular formula is C35H39F3N10O3. The molecule has 13 nitrogen and oxygen atoms in total. The van der Waals surface area contributed by atoms with Crippen LogP contribution in [0.1, 0.15) is 49.9 Å². The number of ether oxygens (including phenoxy) is 2. The molecule has 2 atom stereocenters. The van der Waals surface area contributed by atoms with Crippen LogP contribution in [0.4, 0.5) is 30.5 Å². The number of nitrogens with one attached hydrogen (secondary N) is 1. The maximum absolute atomic E-state index is 13.6. The Morgan fingerprint density at radius 3 is 2.61 bits per heavy atom. The molecule has 2 aliphatic heterocycles. The van der Waals surface area contributed by atoms with Gasteiger partial charge in [0.1, 0.15) is 12.0 Å². The van der Waals surface area contributed by atoms with Crippen molar-refractivity contribution in [2.45, 2.75) is 58.4 Å². The minimum absolute atomic E-state index is 0.00148. The van der Waals surface area contributed by atoms with Gasteiger partial charge in [-0.2, -0.15) is 23.5 Å². The van der Waals surface area contributed by atoms with Gasteiger partial charge in [-0.1, -0.05) is 6.92 Å². The SMILES string of the molecule is CC[C@H]1CC(OCCOCCN2CC(=O)N(CC)c3nc(-c4ccc(-c5nc[nH]n5)nc4C)cnc32)CCN1c1ccc(C#N)c(C(F)(F)F)c1. The van der Waals surface area contributed by atoms with Crippen molar-refractivity contribution in [3.8, 4) is 28.8 Å². The van der Waals surface area contributed by atoms with E-state index in [1.54, 1.807) is 23.2 Å². The Morgan fingerprint density at radius 2 is 1.90 bits per heavy atom. The van der Waals surface area contributed by atoms with Crippen LogP contribution >= 0.6 is 0 Å². The van der Waals surface area contributed by atoms with Crippen molar-refractivity contribution >= 4 is 23.2 Å². The summed E-state index contributed by atoms with van der Waals surface area (Å²) in [5.74, 6) is 1.50. The zero-order chi connectivity index (χ0) is 36.1. The number of nitriles is 1. The van der Waals surface area contributed by atoms with Gasteiger partial charge in [0.2, 0.25) is 5.91 Å². The fraction of sp³-hybridized carbons (Fsp3) is 0.457. The molecule has 0 spiro atoms. The standard InChI is InChI=1S/C35H39F3N10O3/c1-4-24-16-26(10-11-48(24)25-7-6-23(18-39)28(17-25)35(36,37)38)51-15-14-50-13-12-46-20-31(49)47(5-2)34-33(46)40-19-30(44-34)27-8-9-29(43-22(27)3)32-41-21-42-45-32/h6-9,17,19,21,24,26H,4-5,10-16,20H2,1-3H3,(H,41,42,45)/t24-,26?/m0/s1. The first-order valence-electron chi connectivity index (χ1n) is 16.9. The molecule has 4 aromatic rings. The molecule has 1 amide bonds. The molecule has 2 aliphatic rings. The first kappa shape index (κ1) is 35.7. The second-order valence-electron chi connectivity index (χ2n) is 12.3. The molecule has 6 rings (SSSR count). The predicted octanol–water partition coefficient (Wildman–Crippen LogP) is 5.18. The molecular weight excluding hydrogens is 665 g/mol. The van der Waals surface area contributed by atoms with Crippen molar-refractivity contribution in [1.82, 2.24) is 30.1 Å². The highest BCUT2D eigenvalue weighted by Gasteiger charge is 2.36. The Labute approximate surface area is 293 Å². The summed E-state index contributed by atoms with van der Waals surface area (Å²) in [6.07, 6.45) is 0.582. The van der Waals surface area contributed by atoms with E-state index in [1.165, 1.54) is 12.4 Å². The van der Waals surface area contributed by atoms with E-state index in [0.717, 1.165) is 23.7 Å². The lowest BCUT2D eigenvalue weighted by Gasteiger charge is -2.41. The highest BCUT2D eigenvalue weighted by atomic mass is 19.4. The molecule has 5 heterocycles. The molecule has 1 aromatic carbocycles. The van der Waals surface area contributed by atoms with Crippen LogP contribution in [0.2, 0.25) is 0 Å². The number of likely N-dealkylation sites (N-methyl/N-ethyl adjacent to an activating group) is 1. The van der Waals surface area contributed by atoms with E-state index in [2.05, 4.69) is 20.2 Å². The number of anilines is 3. The van der Waals surface area contributed by atoms with Gasteiger partial charge < -0.3 is 19.3 Å². The van der Waals surface area contributed by atoms with Crippen molar-refractivity contribution < 1.29 is 27.4 Å². The van der Waals surface area contributed by atoms with E-state index in [9.17, 15) is 18.0 Å². The van der Waals surface area contributed by atoms with Crippen LogP contribution in [0.3, 0.4) is 0 Å². The summed E-state index contributed by atoms with van der Waals surface area (Å²) in [7, 11) is 0. The smallest absolute Gasteiger partial charge is 0.377 e. The minimum Gasteiger partial charge on any atom is -0.377 e. The van der Waals surface area contributed by atoms with Gasteiger partial charge in [-0.25, -0.2) is 19.9 Å². The van der Waals surface area contributed by atoms with Gasteiger partial charge in [-0.05, 0) is 63.4 Å². The molecule has 0 aliphatic carbocycles. The number of pyridine rings is 1. The number of aryl methyl sites for hydroxylation is 1. The zero-order valence-corrected chi connectivity index (χ0v) is 28.7. The first-order valence-corrected chi connectivity index (χ1v) is 16.9. The van der Waals surface area contributed by atoms with Gasteiger partial charge in [-0.15, -0.1) is 0 Å². The third kappa shape index (κ3) is 7.79. The number of alkyl halides is 3. The average Bonchev–Trinajstić information content (AvgIpc) is 3.67. The second-order valence-corrected chi connectivity index (χ2v) is 12.3. The Kier molecular flexibility index (Phi) is 10.8. The molecule has 1 saturated heterocycles. The number of piperidine rings is 1. The number of rotatable bonds is 12. The molecule has 3 aromatic heterocycles. The summed E-state index contributed by atoms with van der Waals surface area (Å²) in [4.78, 5) is 37.0. The average molecular weight is 705 g/mol. The van der Waals surface area contributed by atoms with Gasteiger partial charge in [0.15, 0.2) is 17.5 Å². The fourth-order valence-electron chi connectivity index (χ4n) is 6.63. The summed E-state index contributed by atoms with van der Waals surface area (Å²) < 4.78 is 52.7. The minimum atomic E-state index is -4.60. The summed E-state index contributed by atoms with van der Waals surface area (Å²) in [6.45, 7) is 8.40. The molecule has 16 heteroatoms. The van der Waals surface area contributed by atoms with Crippen LogP contribution < -0.4 is 14.7 Å². The summed E-state index contributed by atoms with van der Waals surface area (Å²) in [5, 5.41) is 15.9. The van der Waals surface area contributed by atoms with E-state index in [-0.39, 0.29) is 30.2 Å². The maximum atomic E-state index is 13.6. The molecule has 1 unspecified atom stereocenters. The van der Waals surface area contributed by atoms with Crippen LogP contribution in [0.5, 0.6) is 0 Å². The summed E-state index contributed by atoms with van der Waals surface area (Å²) in [5.41, 5.74) is 1.91. The van der Waals surface area contributed by atoms with Crippen molar-refractivity contribution in [2.75, 3.05) is 60.7 Å². The Bertz CT molecular complexity index is 1880. The van der Waals surface area contributed by atoms with E-state index in [0.29, 0.717) is 86.8 Å². The number of carbonyl (C=O) groups excluding carboxylic acids is 1. The summed E-state index contributed by atoms with van der Waals surface area (Å²) in [6, 6.07) is 9.26. The van der Waals surface area contributed by atoms with Gasteiger partial charge >= 0.3 is 6.18 Å². The highest BCUT2D eigenvalue weighted by Crippen LogP contribution is 2.37. The predicted molar refractivity (Wildman–Crippen MR) is 183 cm³/mol. The number of aromatic nitrogens is 6. The Morgan fingerprint density at radius 1 is 1.06 bits per heavy atom. The van der Waals surface area contributed by atoms with E-state index >= 15 is 0 Å². The quantitative estimate of drug-likeness (QED) is 0.195. The largest absolute Gasteiger partial charge is 0.417 e. The monoisotopic (exact) mass is 704 g/mol. The van der Waals surface area contributed by atoms with Crippen LogP contribution in [0.25, 0.3) is 22.8 Å². The fourth-order valence-corrected chi connectivity index (χ4v) is 6.63. The number of benzene rings is 1. The number of aromatic amines is 1. The number of hydrogen-bond donors (Lipinski definition) is 1. The Hall–Kier alpha value is -5.14. The van der Waals surface area contributed by atoms with Gasteiger partial charge in [0.25, 0.3) is 0 Å². The number of carbonyl (C=O) groups is 1. The molecule has 1 N–H and O–H groups in total. The molecule has 0 radical (unpaired) electrons. The number of nitrogens with zero attached hydrogens (tertiary/aromatic N) is 9. The number of fused-ring (bicyclic) bond motifs is 1. The summed E-state index contributed by atoms with van der Waals surface area (Å²) >= 11 is 0. The van der Waals surface area contributed by atoms with E-state index < -0.39 is 11.7 Å². The van der Waals surface area contributed by atoms with Crippen LogP contribution in [-0.4, -0.2) is 94.2 Å². The van der Waals surface area contributed by atoms with Crippen LogP contribution in [-0.2, 0) is 20.4 Å². The maximum Gasteiger partial charge on any atom is 0.417 e. The zero-order valence-electron chi connectivity index (χ0n) is 28.7. The van der Waals surface area contributed by atoms with Gasteiger partial charge in [0.05, 0.1) is 61.6 Å². The second kappa shape index (κ2) is 15.4. The number of amides is 1. The van der Waals surface area contributed by atoms with Crippen molar-refractivity contribution in [3.63, 3.8) is 0 Å². The van der Waals surface area contributed by atoms with E-state index in [4.69, 9.17) is 24.7 Å². The van der Waals surface area contributed by atoms with Crippen molar-refractivity contribution in [2.24, 2.45) is 0 Å². The Balaban J connectivity index is 1.01. The van der Waals surface area contributed by atoms with Crippen molar-refractivity contribution in [3.05, 3.63) is 59.7 Å². The van der Waals surface area contributed by atoms with Gasteiger partial charge in [-0.3, -0.25) is 14.8 Å². The third-order valence-corrected chi connectivity index (χ3v) is 9.23. The van der Waals surface area contributed by atoms with Crippen molar-refractivity contribution in [1.29, 1.82) is 5.26 Å². The molecule has 0 saturated carbocycles. The topological polar surface area (TPSA) is 149 Å². The lowest BCUT2D eigenvalue weighted by molar-refractivity contribution is -0.137. The van der Waals surface area contributed by atoms with Crippen LogP contribution in [0, 0.1) is 18.3 Å². The number of halogens is 3. The van der Waals surface area contributed by atoms with Crippen LogP contribution in [0.15, 0.2) is 42.9 Å². The first-order chi connectivity index (χ1) is 24.6. The normalized spacial score (nSPS) is 17.8. The molecule has 268 valence electrons. The lowest BCUT2D eigenvalue weighted by Crippen LogP contribution is -2.47. The molecule has 51 heavy (non-hydrogen) atoms. The van der Waals surface area contributed by atoms with Gasteiger partial charge in [0, 0.05) is 42.6 Å². The molecule has 0 bridgehead atoms. The van der Waals surface area contributed by atoms with E-state index in [1.807, 2.05) is 42.7 Å². The third-order valence-electron chi connectivity index (χ3n) is 9.23. The molecule has 1 fully saturated rings. The number of H-pyrrole nitrogens is 1.